The van der Waals surface area contributed by atoms with Crippen molar-refractivity contribution in [3.8, 4) is 0 Å². The Morgan fingerprint density at radius 2 is 0.534 bits per heavy atom. The second kappa shape index (κ2) is 60.9. The first-order valence-corrected chi connectivity index (χ1v) is 30.7. The van der Waals surface area contributed by atoms with Gasteiger partial charge in [0.15, 0.2) is 6.10 Å². The Morgan fingerprint density at radius 1 is 0.288 bits per heavy atom. The Bertz CT molecular complexity index is 1440. The molecule has 0 saturated carbocycles. The fraction of sp³-hybridized carbons (Fsp3) is 0.716. The van der Waals surface area contributed by atoms with Gasteiger partial charge in [-0.1, -0.05) is 285 Å². The van der Waals surface area contributed by atoms with E-state index in [1.165, 1.54) is 128 Å². The van der Waals surface area contributed by atoms with Gasteiger partial charge in [-0.2, -0.15) is 0 Å². The highest BCUT2D eigenvalue weighted by Crippen LogP contribution is 2.16. The molecule has 0 fully saturated rings. The average molecular weight is 1020 g/mol. The van der Waals surface area contributed by atoms with Gasteiger partial charge in [0.1, 0.15) is 13.2 Å². The van der Waals surface area contributed by atoms with Crippen molar-refractivity contribution >= 4 is 17.9 Å². The predicted octanol–water partition coefficient (Wildman–Crippen LogP) is 20.9. The molecule has 0 spiro atoms. The van der Waals surface area contributed by atoms with Crippen LogP contribution in [0.25, 0.3) is 0 Å². The van der Waals surface area contributed by atoms with Crippen LogP contribution < -0.4 is 0 Å². The van der Waals surface area contributed by atoms with Gasteiger partial charge in [-0.3, -0.25) is 14.4 Å². The molecule has 6 heteroatoms. The summed E-state index contributed by atoms with van der Waals surface area (Å²) in [5, 5.41) is 0. The van der Waals surface area contributed by atoms with Crippen LogP contribution in [0.2, 0.25) is 0 Å². The molecular formula is C67H114O6. The minimum absolute atomic E-state index is 0.0779. The van der Waals surface area contributed by atoms with Crippen molar-refractivity contribution in [3.05, 3.63) is 97.2 Å². The predicted molar refractivity (Wildman–Crippen MR) is 316 cm³/mol. The molecule has 0 radical (unpaired) electrons. The third-order valence-corrected chi connectivity index (χ3v) is 13.1. The van der Waals surface area contributed by atoms with E-state index in [9.17, 15) is 14.4 Å². The van der Waals surface area contributed by atoms with Gasteiger partial charge in [0.05, 0.1) is 0 Å². The maximum absolute atomic E-state index is 12.8. The van der Waals surface area contributed by atoms with Crippen LogP contribution in [0.15, 0.2) is 97.2 Å². The first-order chi connectivity index (χ1) is 36.0. The van der Waals surface area contributed by atoms with Crippen molar-refractivity contribution in [3.63, 3.8) is 0 Å². The topological polar surface area (TPSA) is 78.9 Å². The van der Waals surface area contributed by atoms with Gasteiger partial charge < -0.3 is 14.2 Å². The van der Waals surface area contributed by atoms with E-state index in [0.717, 1.165) is 122 Å². The fourth-order valence-corrected chi connectivity index (χ4v) is 8.52. The molecule has 0 amide bonds. The summed E-state index contributed by atoms with van der Waals surface area (Å²) in [5.41, 5.74) is 0. The molecule has 0 aliphatic heterocycles. The van der Waals surface area contributed by atoms with Gasteiger partial charge in [0.2, 0.25) is 0 Å². The Balaban J connectivity index is 4.24. The zero-order valence-electron chi connectivity index (χ0n) is 47.9. The van der Waals surface area contributed by atoms with E-state index in [1.807, 2.05) is 0 Å². The van der Waals surface area contributed by atoms with E-state index in [2.05, 4.69) is 118 Å². The summed E-state index contributed by atoms with van der Waals surface area (Å²) >= 11 is 0. The maximum atomic E-state index is 12.8. The van der Waals surface area contributed by atoms with Gasteiger partial charge in [-0.15, -0.1) is 0 Å². The molecule has 0 N–H and O–H groups in total. The first kappa shape index (κ1) is 69.3. The highest BCUT2D eigenvalue weighted by molar-refractivity contribution is 5.71. The fourth-order valence-electron chi connectivity index (χ4n) is 8.52. The summed E-state index contributed by atoms with van der Waals surface area (Å²) in [5.74, 6) is -0.886. The highest BCUT2D eigenvalue weighted by Gasteiger charge is 2.19. The molecule has 6 nitrogen and oxygen atoms in total. The van der Waals surface area contributed by atoms with Crippen molar-refractivity contribution in [2.24, 2.45) is 0 Å². The number of hydrogen-bond acceptors (Lipinski definition) is 6. The van der Waals surface area contributed by atoms with Crippen LogP contribution in [0.1, 0.15) is 290 Å². The van der Waals surface area contributed by atoms with Crippen molar-refractivity contribution in [1.82, 2.24) is 0 Å². The Hall–Kier alpha value is -3.67. The van der Waals surface area contributed by atoms with E-state index >= 15 is 0 Å². The lowest BCUT2D eigenvalue weighted by Crippen LogP contribution is -2.30. The lowest BCUT2D eigenvalue weighted by Gasteiger charge is -2.18. The normalized spacial score (nSPS) is 12.8. The van der Waals surface area contributed by atoms with Crippen LogP contribution in [-0.4, -0.2) is 37.2 Å². The van der Waals surface area contributed by atoms with Gasteiger partial charge >= 0.3 is 17.9 Å². The zero-order valence-corrected chi connectivity index (χ0v) is 47.9. The van der Waals surface area contributed by atoms with Gasteiger partial charge in [-0.05, 0) is 83.5 Å². The summed E-state index contributed by atoms with van der Waals surface area (Å²) in [6.07, 6.45) is 81.2. The molecule has 1 atom stereocenters. The van der Waals surface area contributed by atoms with Gasteiger partial charge in [-0.25, -0.2) is 0 Å². The third kappa shape index (κ3) is 59.1. The minimum Gasteiger partial charge on any atom is -0.462 e. The summed E-state index contributed by atoms with van der Waals surface area (Å²) in [4.78, 5) is 38.1. The number of unbranched alkanes of at least 4 members (excludes halogenated alkanes) is 28. The van der Waals surface area contributed by atoms with Gasteiger partial charge in [0.25, 0.3) is 0 Å². The monoisotopic (exact) mass is 1010 g/mol. The summed E-state index contributed by atoms with van der Waals surface area (Å²) in [6, 6.07) is 0. The standard InChI is InChI=1S/C67H114O6/c1-4-7-10-13-16-19-22-25-26-27-28-29-30-31-32-33-34-35-36-37-38-39-40-41-42-43-46-48-51-54-57-60-66(69)72-63-64(73-67(70)61-58-55-52-49-45-24-21-18-15-12-9-6-3)62-71-65(68)59-56-53-50-47-44-23-20-17-14-11-8-5-2/h7,10,16,19,25-26,28-29,31-32,34-35,37-38,40-41,64H,4-6,8-9,11-15,17-18,20-24,27,30,33,36,39,42-63H2,1-3H3/b10-7-,19-16-,26-25-,29-28-,32-31-,35-34-,38-37-,41-40-. The van der Waals surface area contributed by atoms with Crippen LogP contribution in [0.5, 0.6) is 0 Å². The van der Waals surface area contributed by atoms with Crippen LogP contribution in [0.4, 0.5) is 0 Å². The first-order valence-electron chi connectivity index (χ1n) is 30.7. The molecule has 0 bridgehead atoms. The van der Waals surface area contributed by atoms with Crippen LogP contribution in [0.3, 0.4) is 0 Å². The molecule has 0 rings (SSSR count). The van der Waals surface area contributed by atoms with Crippen molar-refractivity contribution in [1.29, 1.82) is 0 Å². The molecule has 0 aromatic heterocycles. The number of allylic oxidation sites excluding steroid dienone is 16. The number of ether oxygens (including phenoxy) is 3. The van der Waals surface area contributed by atoms with E-state index in [0.29, 0.717) is 19.3 Å². The molecule has 0 aromatic carbocycles. The molecule has 73 heavy (non-hydrogen) atoms. The van der Waals surface area contributed by atoms with Crippen molar-refractivity contribution < 1.29 is 28.6 Å². The number of hydrogen-bond donors (Lipinski definition) is 0. The number of carbonyl (C=O) groups excluding carboxylic acids is 3. The number of rotatable bonds is 55. The molecular weight excluding hydrogens is 901 g/mol. The van der Waals surface area contributed by atoms with Crippen LogP contribution in [-0.2, 0) is 28.6 Å². The summed E-state index contributed by atoms with van der Waals surface area (Å²) < 4.78 is 16.9. The maximum Gasteiger partial charge on any atom is 0.306 e. The van der Waals surface area contributed by atoms with Gasteiger partial charge in [0, 0.05) is 19.3 Å². The quantitative estimate of drug-likeness (QED) is 0.0261. The summed E-state index contributed by atoms with van der Waals surface area (Å²) in [7, 11) is 0. The Morgan fingerprint density at radius 3 is 0.836 bits per heavy atom. The Labute approximate surface area is 451 Å². The number of carbonyl (C=O) groups is 3. The molecule has 0 aliphatic carbocycles. The lowest BCUT2D eigenvalue weighted by atomic mass is 10.0. The minimum atomic E-state index is -0.780. The van der Waals surface area contributed by atoms with E-state index < -0.39 is 6.10 Å². The molecule has 0 aliphatic rings. The lowest BCUT2D eigenvalue weighted by molar-refractivity contribution is -0.167. The van der Waals surface area contributed by atoms with E-state index in [-0.39, 0.29) is 31.1 Å². The van der Waals surface area contributed by atoms with E-state index in [1.54, 1.807) is 0 Å². The molecule has 0 heterocycles. The second-order valence-corrected chi connectivity index (χ2v) is 20.2. The van der Waals surface area contributed by atoms with E-state index in [4.69, 9.17) is 14.2 Å². The average Bonchev–Trinajstić information content (AvgIpc) is 3.39. The second-order valence-electron chi connectivity index (χ2n) is 20.2. The SMILES string of the molecule is CC/C=C\C/C=C\C/C=C\C/C=C\C/C=C\C/C=C\C/C=C\C/C=C\CCCCCCCCC(=O)OCC(COC(=O)CCCCCCCCCCCCCC)OC(=O)CCCCCCCCCCCCCC. The molecule has 0 saturated heterocycles. The largest absolute Gasteiger partial charge is 0.462 e. The van der Waals surface area contributed by atoms with Crippen molar-refractivity contribution in [2.75, 3.05) is 13.2 Å². The summed E-state index contributed by atoms with van der Waals surface area (Å²) in [6.45, 7) is 6.52. The molecule has 1 unspecified atom stereocenters. The highest BCUT2D eigenvalue weighted by atomic mass is 16.6. The molecule has 0 aromatic rings. The third-order valence-electron chi connectivity index (χ3n) is 13.1. The van der Waals surface area contributed by atoms with Crippen LogP contribution >= 0.6 is 0 Å². The molecule has 418 valence electrons. The smallest absolute Gasteiger partial charge is 0.306 e. The van der Waals surface area contributed by atoms with Crippen molar-refractivity contribution in [2.45, 2.75) is 297 Å². The number of esters is 3. The zero-order chi connectivity index (χ0) is 52.9. The van der Waals surface area contributed by atoms with Crippen LogP contribution in [0, 0.1) is 0 Å². The Kier molecular flexibility index (Phi) is 57.8.